The van der Waals surface area contributed by atoms with Gasteiger partial charge in [-0.25, -0.2) is 0 Å². The van der Waals surface area contributed by atoms with E-state index < -0.39 is 6.10 Å². The smallest absolute Gasteiger partial charge is 0.264 e. The quantitative estimate of drug-likeness (QED) is 0.882. The number of amides is 1. The first-order valence-electron chi connectivity index (χ1n) is 8.41. The van der Waals surface area contributed by atoms with Crippen molar-refractivity contribution in [3.63, 3.8) is 0 Å². The highest BCUT2D eigenvalue weighted by Crippen LogP contribution is 2.31. The van der Waals surface area contributed by atoms with Crippen LogP contribution in [-0.2, 0) is 25.9 Å². The second-order valence-corrected chi connectivity index (χ2v) is 7.36. The number of aliphatic hydroxyl groups excluding tert-OH is 2. The number of hydrogen-bond donors (Lipinski definition) is 2. The van der Waals surface area contributed by atoms with Crippen molar-refractivity contribution >= 4 is 17.2 Å². The van der Waals surface area contributed by atoms with E-state index in [0.717, 1.165) is 23.4 Å². The lowest BCUT2D eigenvalue weighted by Gasteiger charge is -2.28. The molecule has 1 aliphatic carbocycles. The molecule has 0 spiro atoms. The highest BCUT2D eigenvalue weighted by molar-refractivity contribution is 7.12. The van der Waals surface area contributed by atoms with Gasteiger partial charge in [-0.3, -0.25) is 9.48 Å². The number of hydrogen-bond acceptors (Lipinski definition) is 5. The van der Waals surface area contributed by atoms with Gasteiger partial charge in [0.15, 0.2) is 0 Å². The topological polar surface area (TPSA) is 78.6 Å². The molecule has 7 heteroatoms. The number of nitrogens with zero attached hydrogens (tertiary/aromatic N) is 3. The predicted octanol–water partition coefficient (Wildman–Crippen LogP) is 1.51. The highest BCUT2D eigenvalue weighted by Gasteiger charge is 2.28. The summed E-state index contributed by atoms with van der Waals surface area (Å²) in [6, 6.07) is 1.78. The second kappa shape index (κ2) is 6.31. The monoisotopic (exact) mass is 347 g/mol. The Morgan fingerprint density at radius 2 is 2.17 bits per heavy atom. The van der Waals surface area contributed by atoms with Crippen molar-refractivity contribution in [2.75, 3.05) is 13.2 Å². The van der Waals surface area contributed by atoms with Crippen LogP contribution in [0.3, 0.4) is 0 Å². The van der Waals surface area contributed by atoms with Gasteiger partial charge in [-0.2, -0.15) is 5.10 Å². The van der Waals surface area contributed by atoms with Gasteiger partial charge in [0.05, 0.1) is 36.0 Å². The lowest BCUT2D eigenvalue weighted by atomic mass is 9.93. The molecule has 128 valence electrons. The standard InChI is InChI=1S/C17H21N3O3S/c21-9-15(22)14-7-12-8-19(5-6-20(12)18-14)17(23)16-13-4-2-1-3-11(13)10-24-16/h7,10,15,21-22H,1-6,8-9H2. The van der Waals surface area contributed by atoms with E-state index in [0.29, 0.717) is 25.3 Å². The van der Waals surface area contributed by atoms with Crippen LogP contribution in [0.4, 0.5) is 0 Å². The molecule has 0 fully saturated rings. The van der Waals surface area contributed by atoms with Crippen LogP contribution in [-0.4, -0.2) is 44.0 Å². The van der Waals surface area contributed by atoms with Gasteiger partial charge in [-0.15, -0.1) is 11.3 Å². The van der Waals surface area contributed by atoms with Crippen molar-refractivity contribution in [2.24, 2.45) is 0 Å². The molecule has 1 atom stereocenters. The molecule has 0 aromatic carbocycles. The van der Waals surface area contributed by atoms with Crippen LogP contribution in [0.5, 0.6) is 0 Å². The number of rotatable bonds is 3. The zero-order chi connectivity index (χ0) is 16.7. The van der Waals surface area contributed by atoms with E-state index in [1.807, 2.05) is 9.58 Å². The molecule has 4 rings (SSSR count). The summed E-state index contributed by atoms with van der Waals surface area (Å²) in [5, 5.41) is 25.3. The van der Waals surface area contributed by atoms with Gasteiger partial charge in [0.25, 0.3) is 5.91 Å². The molecule has 3 heterocycles. The number of thiophene rings is 1. The first-order valence-corrected chi connectivity index (χ1v) is 9.29. The molecule has 0 radical (unpaired) electrons. The Morgan fingerprint density at radius 3 is 3.00 bits per heavy atom. The van der Waals surface area contributed by atoms with Gasteiger partial charge in [0.1, 0.15) is 6.10 Å². The van der Waals surface area contributed by atoms with Gasteiger partial charge in [0.2, 0.25) is 0 Å². The fourth-order valence-electron chi connectivity index (χ4n) is 3.56. The lowest BCUT2D eigenvalue weighted by Crippen LogP contribution is -2.38. The molecule has 2 aromatic rings. The van der Waals surface area contributed by atoms with E-state index in [4.69, 9.17) is 5.11 Å². The molecule has 2 aliphatic rings. The van der Waals surface area contributed by atoms with E-state index in [-0.39, 0.29) is 12.5 Å². The minimum absolute atomic E-state index is 0.111. The zero-order valence-electron chi connectivity index (χ0n) is 13.4. The number of carbonyl (C=O) groups is 1. The van der Waals surface area contributed by atoms with Gasteiger partial charge in [-0.05, 0) is 48.3 Å². The van der Waals surface area contributed by atoms with Crippen LogP contribution < -0.4 is 0 Å². The van der Waals surface area contributed by atoms with Gasteiger partial charge >= 0.3 is 0 Å². The number of fused-ring (bicyclic) bond motifs is 2. The van der Waals surface area contributed by atoms with E-state index >= 15 is 0 Å². The van der Waals surface area contributed by atoms with Crippen molar-refractivity contribution in [3.05, 3.63) is 38.8 Å². The SMILES string of the molecule is O=C(c1scc2c1CCCC2)N1CCn2nc(C(O)CO)cc2C1. The van der Waals surface area contributed by atoms with Crippen LogP contribution in [0.25, 0.3) is 0 Å². The summed E-state index contributed by atoms with van der Waals surface area (Å²) in [6.07, 6.45) is 3.53. The Bertz CT molecular complexity index is 767. The van der Waals surface area contributed by atoms with Crippen molar-refractivity contribution in [1.82, 2.24) is 14.7 Å². The summed E-state index contributed by atoms with van der Waals surface area (Å²) in [5.41, 5.74) is 3.98. The molecule has 1 unspecified atom stereocenters. The van der Waals surface area contributed by atoms with Crippen LogP contribution >= 0.6 is 11.3 Å². The Labute approximate surface area is 144 Å². The first kappa shape index (κ1) is 15.8. The molecule has 6 nitrogen and oxygen atoms in total. The summed E-state index contributed by atoms with van der Waals surface area (Å²) in [7, 11) is 0. The van der Waals surface area contributed by atoms with Crippen LogP contribution in [0.1, 0.15) is 51.1 Å². The Morgan fingerprint density at radius 1 is 1.33 bits per heavy atom. The van der Waals surface area contributed by atoms with E-state index in [9.17, 15) is 9.90 Å². The van der Waals surface area contributed by atoms with Gasteiger partial charge in [0, 0.05) is 6.54 Å². The summed E-state index contributed by atoms with van der Waals surface area (Å²) in [4.78, 5) is 15.7. The summed E-state index contributed by atoms with van der Waals surface area (Å²) in [5.74, 6) is 0.111. The molecule has 1 aliphatic heterocycles. The molecule has 0 saturated carbocycles. The average Bonchev–Trinajstić information content (AvgIpc) is 3.23. The van der Waals surface area contributed by atoms with Gasteiger partial charge < -0.3 is 15.1 Å². The zero-order valence-corrected chi connectivity index (χ0v) is 14.3. The molecule has 2 aromatic heterocycles. The molecule has 0 bridgehead atoms. The second-order valence-electron chi connectivity index (χ2n) is 6.48. The molecule has 1 amide bonds. The van der Waals surface area contributed by atoms with E-state index in [1.54, 1.807) is 17.4 Å². The highest BCUT2D eigenvalue weighted by atomic mass is 32.1. The number of carbonyl (C=O) groups excluding carboxylic acids is 1. The van der Waals surface area contributed by atoms with Crippen molar-refractivity contribution in [3.8, 4) is 0 Å². The number of aryl methyl sites for hydroxylation is 1. The predicted molar refractivity (Wildman–Crippen MR) is 90.0 cm³/mol. The van der Waals surface area contributed by atoms with E-state index in [1.165, 1.54) is 24.0 Å². The maximum absolute atomic E-state index is 13.0. The third-order valence-electron chi connectivity index (χ3n) is 4.92. The minimum atomic E-state index is -0.962. The number of aliphatic hydroxyl groups is 2. The Hall–Kier alpha value is -1.70. The average molecular weight is 347 g/mol. The minimum Gasteiger partial charge on any atom is -0.393 e. The normalized spacial score (nSPS) is 18.2. The third-order valence-corrected chi connectivity index (χ3v) is 5.98. The Kier molecular flexibility index (Phi) is 4.15. The first-order chi connectivity index (χ1) is 11.7. The fourth-order valence-corrected chi connectivity index (χ4v) is 4.69. The fraction of sp³-hybridized carbons (Fsp3) is 0.529. The largest absolute Gasteiger partial charge is 0.393 e. The van der Waals surface area contributed by atoms with Gasteiger partial charge in [-0.1, -0.05) is 0 Å². The number of aromatic nitrogens is 2. The Balaban J connectivity index is 1.55. The van der Waals surface area contributed by atoms with E-state index in [2.05, 4.69) is 10.5 Å². The third kappa shape index (κ3) is 2.66. The van der Waals surface area contributed by atoms with Crippen LogP contribution in [0.2, 0.25) is 0 Å². The van der Waals surface area contributed by atoms with Crippen molar-refractivity contribution in [2.45, 2.75) is 44.9 Å². The van der Waals surface area contributed by atoms with Crippen LogP contribution in [0.15, 0.2) is 11.4 Å². The summed E-state index contributed by atoms with van der Waals surface area (Å²) in [6.45, 7) is 1.39. The molecule has 24 heavy (non-hydrogen) atoms. The summed E-state index contributed by atoms with van der Waals surface area (Å²) >= 11 is 1.58. The molecular formula is C17H21N3O3S. The van der Waals surface area contributed by atoms with Crippen molar-refractivity contribution < 1.29 is 15.0 Å². The van der Waals surface area contributed by atoms with Crippen LogP contribution in [0, 0.1) is 0 Å². The van der Waals surface area contributed by atoms with Crippen molar-refractivity contribution in [1.29, 1.82) is 0 Å². The maximum Gasteiger partial charge on any atom is 0.264 e. The molecule has 0 saturated heterocycles. The molecular weight excluding hydrogens is 326 g/mol. The maximum atomic E-state index is 13.0. The summed E-state index contributed by atoms with van der Waals surface area (Å²) < 4.78 is 1.82. The molecule has 2 N–H and O–H groups in total. The lowest BCUT2D eigenvalue weighted by molar-refractivity contribution is 0.0708.